The van der Waals surface area contributed by atoms with E-state index < -0.39 is 0 Å². The van der Waals surface area contributed by atoms with Crippen molar-refractivity contribution in [1.82, 2.24) is 9.88 Å². The molecule has 28 heavy (non-hydrogen) atoms. The van der Waals surface area contributed by atoms with E-state index in [0.29, 0.717) is 6.54 Å². The summed E-state index contributed by atoms with van der Waals surface area (Å²) in [5, 5.41) is 5.80. The summed E-state index contributed by atoms with van der Waals surface area (Å²) in [6.07, 6.45) is 2.17. The molecule has 0 atom stereocenters. The summed E-state index contributed by atoms with van der Waals surface area (Å²) in [7, 11) is 0. The van der Waals surface area contributed by atoms with Crippen LogP contribution in [0, 0.1) is 6.92 Å². The van der Waals surface area contributed by atoms with Crippen molar-refractivity contribution >= 4 is 45.9 Å². The molecule has 2 aromatic heterocycles. The van der Waals surface area contributed by atoms with Crippen molar-refractivity contribution in [2.75, 3.05) is 11.9 Å². The third-order valence-electron chi connectivity index (χ3n) is 4.11. The molecule has 1 aromatic carbocycles. The molecule has 146 valence electrons. The molecular weight excluding hydrogens is 410 g/mol. The van der Waals surface area contributed by atoms with E-state index >= 15 is 0 Å². The van der Waals surface area contributed by atoms with Crippen LogP contribution in [0.2, 0.25) is 4.34 Å². The van der Waals surface area contributed by atoms with Crippen molar-refractivity contribution in [2.45, 2.75) is 26.4 Å². The average Bonchev–Trinajstić information content (AvgIpc) is 3.26. The second-order valence-corrected chi connectivity index (χ2v) is 9.18. The van der Waals surface area contributed by atoms with Crippen molar-refractivity contribution in [3.63, 3.8) is 0 Å². The number of carbonyl (C=O) groups excluding carboxylic acids is 1. The van der Waals surface area contributed by atoms with Gasteiger partial charge in [-0.25, -0.2) is 4.98 Å². The van der Waals surface area contributed by atoms with Gasteiger partial charge in [-0.1, -0.05) is 35.9 Å². The van der Waals surface area contributed by atoms with Crippen molar-refractivity contribution in [3.05, 3.63) is 79.9 Å². The molecule has 0 unspecified atom stereocenters. The van der Waals surface area contributed by atoms with Crippen molar-refractivity contribution in [3.8, 4) is 0 Å². The smallest absolute Gasteiger partial charge is 0.231 e. The number of thiophene rings is 1. The average molecular weight is 432 g/mol. The molecule has 0 aliphatic rings. The Bertz CT molecular complexity index is 951. The number of para-hydroxylation sites is 1. The number of hydrogen-bond acceptors (Lipinski definition) is 5. The minimum absolute atomic E-state index is 0.0497. The first-order valence-electron chi connectivity index (χ1n) is 8.89. The van der Waals surface area contributed by atoms with E-state index in [4.69, 9.17) is 11.6 Å². The van der Waals surface area contributed by atoms with Crippen LogP contribution in [0.25, 0.3) is 0 Å². The lowest BCUT2D eigenvalue weighted by Crippen LogP contribution is -2.22. The van der Waals surface area contributed by atoms with E-state index in [9.17, 15) is 4.79 Å². The molecule has 1 N–H and O–H groups in total. The highest BCUT2D eigenvalue weighted by atomic mass is 35.5. The molecule has 1 amide bonds. The van der Waals surface area contributed by atoms with Gasteiger partial charge in [0.25, 0.3) is 0 Å². The Morgan fingerprint density at radius 2 is 2.11 bits per heavy atom. The number of aryl methyl sites for hydroxylation is 1. The number of rotatable bonds is 9. The first kappa shape index (κ1) is 20.7. The van der Waals surface area contributed by atoms with Gasteiger partial charge in [-0.15, -0.1) is 29.3 Å². The first-order chi connectivity index (χ1) is 13.5. The summed E-state index contributed by atoms with van der Waals surface area (Å²) in [5.74, 6) is -0.0497. The molecule has 7 heteroatoms. The number of amides is 1. The quantitative estimate of drug-likeness (QED) is 0.452. The molecule has 3 rings (SSSR count). The van der Waals surface area contributed by atoms with Gasteiger partial charge < -0.3 is 5.32 Å². The maximum Gasteiger partial charge on any atom is 0.231 e. The fourth-order valence-corrected chi connectivity index (χ4v) is 4.72. The van der Waals surface area contributed by atoms with Gasteiger partial charge in [0.05, 0.1) is 16.5 Å². The van der Waals surface area contributed by atoms with Crippen LogP contribution in [-0.4, -0.2) is 22.3 Å². The third kappa shape index (κ3) is 6.01. The van der Waals surface area contributed by atoms with Crippen LogP contribution in [0.4, 0.5) is 5.69 Å². The highest BCUT2D eigenvalue weighted by molar-refractivity contribution is 7.16. The normalized spacial score (nSPS) is 11.0. The van der Waals surface area contributed by atoms with Crippen molar-refractivity contribution in [2.24, 2.45) is 0 Å². The number of aromatic nitrogens is 1. The topological polar surface area (TPSA) is 45.2 Å². The highest BCUT2D eigenvalue weighted by Crippen LogP contribution is 2.23. The lowest BCUT2D eigenvalue weighted by Gasteiger charge is -2.18. The number of hydrogen-bond donors (Lipinski definition) is 1. The zero-order valence-electron chi connectivity index (χ0n) is 15.7. The molecule has 0 radical (unpaired) electrons. The van der Waals surface area contributed by atoms with Gasteiger partial charge in [-0.3, -0.25) is 9.69 Å². The fraction of sp³-hybridized carbons (Fsp3) is 0.238. The largest absolute Gasteiger partial charge is 0.325 e. The number of halogens is 1. The number of nitrogens with zero attached hydrogens (tertiary/aromatic N) is 2. The lowest BCUT2D eigenvalue weighted by atomic mass is 10.2. The van der Waals surface area contributed by atoms with Crippen LogP contribution >= 0.6 is 34.3 Å². The molecule has 2 heterocycles. The van der Waals surface area contributed by atoms with E-state index in [1.807, 2.05) is 54.8 Å². The second-order valence-electron chi connectivity index (χ2n) is 6.44. The zero-order valence-corrected chi connectivity index (χ0v) is 18.0. The Labute approximate surface area is 178 Å². The minimum Gasteiger partial charge on any atom is -0.325 e. The number of anilines is 1. The van der Waals surface area contributed by atoms with Gasteiger partial charge in [-0.2, -0.15) is 0 Å². The van der Waals surface area contributed by atoms with Crippen LogP contribution in [0.15, 0.2) is 54.4 Å². The van der Waals surface area contributed by atoms with E-state index in [2.05, 4.69) is 21.8 Å². The Kier molecular flexibility index (Phi) is 7.39. The van der Waals surface area contributed by atoms with E-state index in [1.54, 1.807) is 11.3 Å². The molecule has 3 aromatic rings. The molecule has 0 aliphatic heterocycles. The van der Waals surface area contributed by atoms with E-state index in [1.165, 1.54) is 16.2 Å². The Morgan fingerprint density at radius 1 is 1.29 bits per heavy atom. The number of thiazole rings is 1. The van der Waals surface area contributed by atoms with E-state index in [0.717, 1.165) is 39.4 Å². The summed E-state index contributed by atoms with van der Waals surface area (Å²) in [5.41, 5.74) is 2.86. The predicted molar refractivity (Wildman–Crippen MR) is 119 cm³/mol. The van der Waals surface area contributed by atoms with Crippen LogP contribution in [0.3, 0.4) is 0 Å². The lowest BCUT2D eigenvalue weighted by molar-refractivity contribution is -0.115. The maximum absolute atomic E-state index is 12.3. The Balaban J connectivity index is 1.58. The predicted octanol–water partition coefficient (Wildman–Crippen LogP) is 5.54. The molecule has 0 aliphatic carbocycles. The molecule has 4 nitrogen and oxygen atoms in total. The molecular formula is C21H22ClN3OS2. The van der Waals surface area contributed by atoms with E-state index in [-0.39, 0.29) is 12.3 Å². The summed E-state index contributed by atoms with van der Waals surface area (Å²) in [6.45, 7) is 8.09. The summed E-state index contributed by atoms with van der Waals surface area (Å²) >= 11 is 9.14. The Hall–Kier alpha value is -1.99. The summed E-state index contributed by atoms with van der Waals surface area (Å²) < 4.78 is 0.796. The van der Waals surface area contributed by atoms with Gasteiger partial charge >= 0.3 is 0 Å². The summed E-state index contributed by atoms with van der Waals surface area (Å²) in [4.78, 5) is 20.4. The van der Waals surface area contributed by atoms with Crippen LogP contribution < -0.4 is 5.32 Å². The van der Waals surface area contributed by atoms with Crippen LogP contribution in [0.5, 0.6) is 0 Å². The van der Waals surface area contributed by atoms with Crippen LogP contribution in [0.1, 0.15) is 21.1 Å². The van der Waals surface area contributed by atoms with Crippen LogP contribution in [-0.2, 0) is 24.3 Å². The van der Waals surface area contributed by atoms with Gasteiger partial charge in [0, 0.05) is 35.6 Å². The standard InChI is InChI=1S/C21H22ClN3OS2/c1-3-10-25(13-17-8-9-19(22)28-17)12-16-14-27-21(23-16)11-20(26)24-18-7-5-4-6-15(18)2/h3-9,14H,1,10-13H2,2H3,(H,24,26). The van der Waals surface area contributed by atoms with Gasteiger partial charge in [-0.05, 0) is 30.7 Å². The fourth-order valence-electron chi connectivity index (χ4n) is 2.80. The molecule has 0 saturated heterocycles. The minimum atomic E-state index is -0.0497. The third-order valence-corrected chi connectivity index (χ3v) is 6.22. The first-order valence-corrected chi connectivity index (χ1v) is 11.0. The SMILES string of the molecule is C=CCN(Cc1csc(CC(=O)Nc2ccccc2C)n1)Cc1ccc(Cl)s1. The molecule has 0 saturated carbocycles. The molecule has 0 bridgehead atoms. The second kappa shape index (κ2) is 9.98. The van der Waals surface area contributed by atoms with Gasteiger partial charge in [0.2, 0.25) is 5.91 Å². The number of benzene rings is 1. The number of nitrogens with one attached hydrogen (secondary N) is 1. The number of carbonyl (C=O) groups is 1. The Morgan fingerprint density at radius 3 is 2.82 bits per heavy atom. The van der Waals surface area contributed by atoms with Gasteiger partial charge in [0.1, 0.15) is 5.01 Å². The zero-order chi connectivity index (χ0) is 19.9. The molecule has 0 spiro atoms. The highest BCUT2D eigenvalue weighted by Gasteiger charge is 2.13. The maximum atomic E-state index is 12.3. The molecule has 0 fully saturated rings. The van der Waals surface area contributed by atoms with Gasteiger partial charge in [0.15, 0.2) is 0 Å². The monoisotopic (exact) mass is 431 g/mol. The summed E-state index contributed by atoms with van der Waals surface area (Å²) in [6, 6.07) is 11.7. The van der Waals surface area contributed by atoms with Crippen molar-refractivity contribution in [1.29, 1.82) is 0 Å². The van der Waals surface area contributed by atoms with Crippen molar-refractivity contribution < 1.29 is 4.79 Å².